The number of hydrogen-bond acceptors (Lipinski definition) is 2. The number of pyridine rings is 1. The summed E-state index contributed by atoms with van der Waals surface area (Å²) in [5, 5.41) is 16.4. The van der Waals surface area contributed by atoms with Crippen LogP contribution in [-0.2, 0) is 0 Å². The van der Waals surface area contributed by atoms with Gasteiger partial charge in [-0.05, 0) is 76.9 Å². The Labute approximate surface area is 198 Å². The van der Waals surface area contributed by atoms with Crippen LogP contribution in [0.5, 0.6) is 0 Å². The van der Waals surface area contributed by atoms with E-state index in [1.54, 1.807) is 0 Å². The Morgan fingerprint density at radius 2 is 1.38 bits per heavy atom. The lowest BCUT2D eigenvalue weighted by atomic mass is 9.92. The first-order valence-electron chi connectivity index (χ1n) is 11.4. The number of nitriles is 1. The van der Waals surface area contributed by atoms with Crippen LogP contribution in [0.1, 0.15) is 16.7 Å². The normalized spacial score (nSPS) is 11.2. The Kier molecular flexibility index (Phi) is 4.64. The highest BCUT2D eigenvalue weighted by molar-refractivity contribution is 6.12. The van der Waals surface area contributed by atoms with Crippen LogP contribution in [0.4, 0.5) is 0 Å². The van der Waals surface area contributed by atoms with E-state index in [4.69, 9.17) is 4.98 Å². The highest BCUT2D eigenvalue weighted by Crippen LogP contribution is 2.36. The second-order valence-corrected chi connectivity index (χ2v) is 8.95. The molecule has 0 unspecified atom stereocenters. The Morgan fingerprint density at radius 3 is 2.18 bits per heavy atom. The summed E-state index contributed by atoms with van der Waals surface area (Å²) in [4.78, 5) is 4.76. The van der Waals surface area contributed by atoms with E-state index in [2.05, 4.69) is 86.6 Å². The van der Waals surface area contributed by atoms with Gasteiger partial charge in [0.1, 0.15) is 0 Å². The molecule has 0 amide bonds. The Morgan fingerprint density at radius 1 is 0.618 bits per heavy atom. The van der Waals surface area contributed by atoms with E-state index in [9.17, 15) is 5.26 Å². The molecule has 0 aliphatic heterocycles. The summed E-state index contributed by atoms with van der Waals surface area (Å²) in [6.45, 7) is 4.26. The molecular formula is C32H22N2. The monoisotopic (exact) mass is 434 g/mol. The lowest BCUT2D eigenvalue weighted by Crippen LogP contribution is -1.90. The fraction of sp³-hybridized carbons (Fsp3) is 0.0625. The maximum absolute atomic E-state index is 9.52. The van der Waals surface area contributed by atoms with Crippen molar-refractivity contribution in [2.24, 2.45) is 0 Å². The molecule has 160 valence electrons. The predicted octanol–water partition coefficient (Wildman–Crippen LogP) is 8.36. The molecule has 0 aliphatic carbocycles. The van der Waals surface area contributed by atoms with Crippen LogP contribution in [-0.4, -0.2) is 4.98 Å². The van der Waals surface area contributed by atoms with Crippen molar-refractivity contribution in [2.45, 2.75) is 13.8 Å². The van der Waals surface area contributed by atoms with Gasteiger partial charge in [0.15, 0.2) is 0 Å². The van der Waals surface area contributed by atoms with Gasteiger partial charge in [-0.1, -0.05) is 71.8 Å². The van der Waals surface area contributed by atoms with Gasteiger partial charge in [-0.15, -0.1) is 0 Å². The molecule has 34 heavy (non-hydrogen) atoms. The minimum absolute atomic E-state index is 0.706. The van der Waals surface area contributed by atoms with Gasteiger partial charge < -0.3 is 0 Å². The van der Waals surface area contributed by atoms with Crippen molar-refractivity contribution in [3.63, 3.8) is 0 Å². The lowest BCUT2D eigenvalue weighted by molar-refractivity contribution is 1.33. The topological polar surface area (TPSA) is 36.7 Å². The minimum Gasteiger partial charge on any atom is -0.256 e. The van der Waals surface area contributed by atoms with Gasteiger partial charge in [0.05, 0.1) is 17.3 Å². The summed E-state index contributed by atoms with van der Waals surface area (Å²) in [5.74, 6) is 0. The zero-order chi connectivity index (χ0) is 23.2. The van der Waals surface area contributed by atoms with Gasteiger partial charge >= 0.3 is 0 Å². The number of aryl methyl sites for hydroxylation is 2. The molecule has 6 aromatic rings. The SMILES string of the molecule is Cc1cc(C)cc(-c2nccc3c2ccc2cc(-c4ccc(C#N)c5ccccc45)ccc23)c1. The average molecular weight is 435 g/mol. The average Bonchev–Trinajstić information content (AvgIpc) is 2.86. The Balaban J connectivity index is 1.55. The zero-order valence-corrected chi connectivity index (χ0v) is 19.1. The third-order valence-electron chi connectivity index (χ3n) is 6.61. The smallest absolute Gasteiger partial charge is 0.0998 e. The van der Waals surface area contributed by atoms with Crippen molar-refractivity contribution in [1.29, 1.82) is 5.26 Å². The summed E-state index contributed by atoms with van der Waals surface area (Å²) < 4.78 is 0. The van der Waals surface area contributed by atoms with Crippen molar-refractivity contribution >= 4 is 32.3 Å². The third kappa shape index (κ3) is 3.22. The van der Waals surface area contributed by atoms with Crippen LogP contribution in [0.25, 0.3) is 54.7 Å². The van der Waals surface area contributed by atoms with Crippen LogP contribution < -0.4 is 0 Å². The molecule has 0 atom stereocenters. The number of benzene rings is 5. The molecule has 5 aromatic carbocycles. The van der Waals surface area contributed by atoms with Crippen LogP contribution in [0, 0.1) is 25.2 Å². The highest BCUT2D eigenvalue weighted by atomic mass is 14.7. The maximum Gasteiger partial charge on any atom is 0.0998 e. The molecule has 2 nitrogen and oxygen atoms in total. The molecule has 0 radical (unpaired) electrons. The van der Waals surface area contributed by atoms with Gasteiger partial charge in [-0.3, -0.25) is 4.98 Å². The van der Waals surface area contributed by atoms with Gasteiger partial charge in [0.2, 0.25) is 0 Å². The van der Waals surface area contributed by atoms with E-state index in [1.807, 2.05) is 30.5 Å². The number of hydrogen-bond donors (Lipinski definition) is 0. The Bertz CT molecular complexity index is 1770. The quantitative estimate of drug-likeness (QED) is 0.257. The first-order valence-corrected chi connectivity index (χ1v) is 11.4. The number of nitrogens with zero attached hydrogens (tertiary/aromatic N) is 2. The second kappa shape index (κ2) is 7.83. The summed E-state index contributed by atoms with van der Waals surface area (Å²) in [5.41, 5.74) is 7.66. The molecule has 6 rings (SSSR count). The van der Waals surface area contributed by atoms with Crippen molar-refractivity contribution in [3.05, 3.63) is 114 Å². The number of fused-ring (bicyclic) bond motifs is 4. The van der Waals surface area contributed by atoms with Crippen molar-refractivity contribution < 1.29 is 0 Å². The molecule has 0 fully saturated rings. The molecule has 1 heterocycles. The summed E-state index contributed by atoms with van der Waals surface area (Å²) in [7, 11) is 0. The summed E-state index contributed by atoms with van der Waals surface area (Å²) in [6, 6.07) is 34.2. The Hall–Kier alpha value is -4.48. The molecule has 0 saturated carbocycles. The van der Waals surface area contributed by atoms with E-state index in [1.165, 1.54) is 27.3 Å². The van der Waals surface area contributed by atoms with E-state index in [0.717, 1.165) is 38.5 Å². The molecular weight excluding hydrogens is 412 g/mol. The van der Waals surface area contributed by atoms with E-state index >= 15 is 0 Å². The van der Waals surface area contributed by atoms with E-state index < -0.39 is 0 Å². The largest absolute Gasteiger partial charge is 0.256 e. The molecule has 0 aliphatic rings. The maximum atomic E-state index is 9.52. The van der Waals surface area contributed by atoms with Crippen molar-refractivity contribution in [3.8, 4) is 28.5 Å². The molecule has 0 N–H and O–H groups in total. The minimum atomic E-state index is 0.706. The molecule has 0 spiro atoms. The standard InChI is InChI=1S/C32H22N2/c1-20-15-21(2)17-25(16-20)32-31-12-8-23-18-22(7-10-28(23)30(31)13-14-34-32)27-11-9-24(19-33)26-5-3-4-6-29(26)27/h3-18H,1-2H3. The van der Waals surface area contributed by atoms with Crippen LogP contribution in [0.3, 0.4) is 0 Å². The number of aromatic nitrogens is 1. The fourth-order valence-corrected chi connectivity index (χ4v) is 5.15. The van der Waals surface area contributed by atoms with Gasteiger partial charge in [0, 0.05) is 22.5 Å². The van der Waals surface area contributed by atoms with Crippen LogP contribution in [0.15, 0.2) is 97.2 Å². The van der Waals surface area contributed by atoms with Crippen LogP contribution >= 0.6 is 0 Å². The third-order valence-corrected chi connectivity index (χ3v) is 6.61. The molecule has 0 bridgehead atoms. The fourth-order valence-electron chi connectivity index (χ4n) is 5.15. The second-order valence-electron chi connectivity index (χ2n) is 8.95. The van der Waals surface area contributed by atoms with E-state index in [0.29, 0.717) is 5.56 Å². The molecule has 1 aromatic heterocycles. The van der Waals surface area contributed by atoms with Crippen molar-refractivity contribution in [1.82, 2.24) is 4.98 Å². The van der Waals surface area contributed by atoms with Crippen molar-refractivity contribution in [2.75, 3.05) is 0 Å². The predicted molar refractivity (Wildman–Crippen MR) is 142 cm³/mol. The lowest BCUT2D eigenvalue weighted by Gasteiger charge is -2.12. The highest BCUT2D eigenvalue weighted by Gasteiger charge is 2.12. The van der Waals surface area contributed by atoms with E-state index in [-0.39, 0.29) is 0 Å². The summed E-state index contributed by atoms with van der Waals surface area (Å²) >= 11 is 0. The first-order chi connectivity index (χ1) is 16.6. The number of rotatable bonds is 2. The van der Waals surface area contributed by atoms with Gasteiger partial charge in [-0.25, -0.2) is 0 Å². The molecule has 0 saturated heterocycles. The van der Waals surface area contributed by atoms with Crippen LogP contribution in [0.2, 0.25) is 0 Å². The molecule has 2 heteroatoms. The van der Waals surface area contributed by atoms with Gasteiger partial charge in [-0.2, -0.15) is 5.26 Å². The summed E-state index contributed by atoms with van der Waals surface area (Å²) in [6.07, 6.45) is 1.91. The van der Waals surface area contributed by atoms with Gasteiger partial charge in [0.25, 0.3) is 0 Å². The zero-order valence-electron chi connectivity index (χ0n) is 19.1. The first kappa shape index (κ1) is 20.1.